The van der Waals surface area contributed by atoms with Crippen LogP contribution in [-0.4, -0.2) is 36.1 Å². The van der Waals surface area contributed by atoms with Crippen LogP contribution in [0.4, 0.5) is 0 Å². The van der Waals surface area contributed by atoms with Gasteiger partial charge in [0.1, 0.15) is 0 Å². The van der Waals surface area contributed by atoms with Crippen molar-refractivity contribution in [2.75, 3.05) is 13.1 Å². The van der Waals surface area contributed by atoms with Gasteiger partial charge in [0.15, 0.2) is 0 Å². The number of nitrogens with zero attached hydrogens (tertiary/aromatic N) is 1. The lowest BCUT2D eigenvalue weighted by molar-refractivity contribution is 0.188. The molecule has 2 aliphatic heterocycles. The molecule has 0 bridgehead atoms. The SMILES string of the molecule is C=CC(C)N1CCCC1C1CCCN1. The van der Waals surface area contributed by atoms with Crippen LogP contribution in [0.2, 0.25) is 0 Å². The Morgan fingerprint density at radius 1 is 1.43 bits per heavy atom. The van der Waals surface area contributed by atoms with E-state index in [1.54, 1.807) is 0 Å². The van der Waals surface area contributed by atoms with Crippen LogP contribution in [0.5, 0.6) is 0 Å². The van der Waals surface area contributed by atoms with E-state index >= 15 is 0 Å². The van der Waals surface area contributed by atoms with Crippen LogP contribution >= 0.6 is 0 Å². The molecule has 0 amide bonds. The highest BCUT2D eigenvalue weighted by atomic mass is 15.2. The predicted octanol–water partition coefficient (Wildman–Crippen LogP) is 1.78. The van der Waals surface area contributed by atoms with Gasteiger partial charge < -0.3 is 5.32 Å². The third kappa shape index (κ3) is 1.86. The van der Waals surface area contributed by atoms with Gasteiger partial charge in [-0.05, 0) is 45.7 Å². The van der Waals surface area contributed by atoms with Crippen LogP contribution in [-0.2, 0) is 0 Å². The molecule has 2 aliphatic rings. The Kier molecular flexibility index (Phi) is 3.24. The minimum Gasteiger partial charge on any atom is -0.312 e. The summed E-state index contributed by atoms with van der Waals surface area (Å²) in [6, 6.07) is 2.07. The molecular weight excluding hydrogens is 172 g/mol. The normalized spacial score (nSPS) is 36.1. The number of nitrogens with one attached hydrogen (secondary N) is 1. The van der Waals surface area contributed by atoms with Crippen molar-refractivity contribution in [3.8, 4) is 0 Å². The maximum atomic E-state index is 3.90. The maximum Gasteiger partial charge on any atom is 0.0255 e. The second-order valence-electron chi connectivity index (χ2n) is 4.63. The fourth-order valence-electron chi connectivity index (χ4n) is 2.93. The summed E-state index contributed by atoms with van der Waals surface area (Å²) >= 11 is 0. The zero-order valence-electron chi connectivity index (χ0n) is 9.21. The van der Waals surface area contributed by atoms with Gasteiger partial charge in [-0.25, -0.2) is 0 Å². The van der Waals surface area contributed by atoms with E-state index in [2.05, 4.69) is 29.8 Å². The van der Waals surface area contributed by atoms with Gasteiger partial charge in [-0.15, -0.1) is 6.58 Å². The van der Waals surface area contributed by atoms with Crippen molar-refractivity contribution in [2.24, 2.45) is 0 Å². The number of hydrogen-bond acceptors (Lipinski definition) is 2. The first-order valence-electron chi connectivity index (χ1n) is 5.94. The summed E-state index contributed by atoms with van der Waals surface area (Å²) in [5.74, 6) is 0. The van der Waals surface area contributed by atoms with Gasteiger partial charge in [0.25, 0.3) is 0 Å². The van der Waals surface area contributed by atoms with E-state index in [0.29, 0.717) is 6.04 Å². The van der Waals surface area contributed by atoms with Crippen LogP contribution < -0.4 is 5.32 Å². The van der Waals surface area contributed by atoms with Gasteiger partial charge in [-0.3, -0.25) is 4.90 Å². The number of rotatable bonds is 3. The molecule has 2 nitrogen and oxygen atoms in total. The van der Waals surface area contributed by atoms with Gasteiger partial charge in [-0.2, -0.15) is 0 Å². The molecule has 2 fully saturated rings. The van der Waals surface area contributed by atoms with E-state index in [9.17, 15) is 0 Å². The maximum absolute atomic E-state index is 3.90. The molecule has 0 aromatic heterocycles. The zero-order chi connectivity index (χ0) is 9.97. The molecule has 2 heterocycles. The molecular formula is C12H22N2. The molecule has 80 valence electrons. The lowest BCUT2D eigenvalue weighted by Crippen LogP contribution is -2.46. The summed E-state index contributed by atoms with van der Waals surface area (Å²) < 4.78 is 0. The van der Waals surface area contributed by atoms with Crippen molar-refractivity contribution in [2.45, 2.75) is 50.7 Å². The molecule has 2 rings (SSSR count). The third-order valence-corrected chi connectivity index (χ3v) is 3.77. The molecule has 0 saturated carbocycles. The Balaban J connectivity index is 1.98. The molecule has 3 unspecified atom stereocenters. The minimum atomic E-state index is 0.546. The van der Waals surface area contributed by atoms with Crippen LogP contribution in [0.3, 0.4) is 0 Å². The largest absolute Gasteiger partial charge is 0.312 e. The third-order valence-electron chi connectivity index (χ3n) is 3.77. The molecule has 14 heavy (non-hydrogen) atoms. The molecule has 0 aromatic rings. The molecule has 0 aromatic carbocycles. The average molecular weight is 194 g/mol. The number of hydrogen-bond donors (Lipinski definition) is 1. The summed E-state index contributed by atoms with van der Waals surface area (Å²) in [4.78, 5) is 2.62. The fourth-order valence-corrected chi connectivity index (χ4v) is 2.93. The molecule has 0 aliphatic carbocycles. The summed E-state index contributed by atoms with van der Waals surface area (Å²) in [6.45, 7) is 8.65. The molecule has 0 spiro atoms. The van der Waals surface area contributed by atoms with E-state index in [1.165, 1.54) is 38.8 Å². The van der Waals surface area contributed by atoms with Crippen molar-refractivity contribution in [3.05, 3.63) is 12.7 Å². The van der Waals surface area contributed by atoms with Gasteiger partial charge in [-0.1, -0.05) is 6.08 Å². The van der Waals surface area contributed by atoms with E-state index < -0.39 is 0 Å². The highest BCUT2D eigenvalue weighted by Crippen LogP contribution is 2.26. The van der Waals surface area contributed by atoms with Crippen molar-refractivity contribution < 1.29 is 0 Å². The molecule has 0 radical (unpaired) electrons. The van der Waals surface area contributed by atoms with Gasteiger partial charge in [0, 0.05) is 18.1 Å². The summed E-state index contributed by atoms with van der Waals surface area (Å²) in [5.41, 5.74) is 0. The average Bonchev–Trinajstić information content (AvgIpc) is 2.85. The first-order chi connectivity index (χ1) is 6.83. The lowest BCUT2D eigenvalue weighted by Gasteiger charge is -2.32. The van der Waals surface area contributed by atoms with Crippen LogP contribution in [0.15, 0.2) is 12.7 Å². The molecule has 2 heteroatoms. The quantitative estimate of drug-likeness (QED) is 0.689. The van der Waals surface area contributed by atoms with Gasteiger partial charge >= 0.3 is 0 Å². The highest BCUT2D eigenvalue weighted by molar-refractivity contribution is 4.97. The second kappa shape index (κ2) is 4.45. The Bertz CT molecular complexity index is 196. The zero-order valence-corrected chi connectivity index (χ0v) is 9.21. The second-order valence-corrected chi connectivity index (χ2v) is 4.63. The van der Waals surface area contributed by atoms with Gasteiger partial charge in [0.2, 0.25) is 0 Å². The summed E-state index contributed by atoms with van der Waals surface area (Å²) in [6.07, 6.45) is 7.53. The van der Waals surface area contributed by atoms with Crippen LogP contribution in [0.1, 0.15) is 32.6 Å². The van der Waals surface area contributed by atoms with Gasteiger partial charge in [0.05, 0.1) is 0 Å². The van der Waals surface area contributed by atoms with E-state index in [1.807, 2.05) is 0 Å². The highest BCUT2D eigenvalue weighted by Gasteiger charge is 2.34. The van der Waals surface area contributed by atoms with Crippen LogP contribution in [0.25, 0.3) is 0 Å². The van der Waals surface area contributed by atoms with E-state index in [4.69, 9.17) is 0 Å². The van der Waals surface area contributed by atoms with Crippen LogP contribution in [0, 0.1) is 0 Å². The first-order valence-corrected chi connectivity index (χ1v) is 5.94. The standard InChI is InChI=1S/C12H22N2/c1-3-10(2)14-9-5-7-12(14)11-6-4-8-13-11/h3,10-13H,1,4-9H2,2H3. The Labute approximate surface area is 87.4 Å². The van der Waals surface area contributed by atoms with Crippen molar-refractivity contribution in [1.82, 2.24) is 10.2 Å². The lowest BCUT2D eigenvalue weighted by atomic mass is 10.0. The monoisotopic (exact) mass is 194 g/mol. The first kappa shape index (κ1) is 10.2. The van der Waals surface area contributed by atoms with E-state index in [-0.39, 0.29) is 0 Å². The van der Waals surface area contributed by atoms with Crippen molar-refractivity contribution in [1.29, 1.82) is 0 Å². The smallest absolute Gasteiger partial charge is 0.0255 e. The minimum absolute atomic E-state index is 0.546. The van der Waals surface area contributed by atoms with E-state index in [0.717, 1.165) is 12.1 Å². The Hall–Kier alpha value is -0.340. The summed E-state index contributed by atoms with van der Waals surface area (Å²) in [7, 11) is 0. The number of likely N-dealkylation sites (tertiary alicyclic amines) is 1. The molecule has 2 saturated heterocycles. The topological polar surface area (TPSA) is 15.3 Å². The van der Waals surface area contributed by atoms with Crippen molar-refractivity contribution >= 4 is 0 Å². The molecule has 1 N–H and O–H groups in total. The Morgan fingerprint density at radius 2 is 2.29 bits per heavy atom. The molecule has 3 atom stereocenters. The predicted molar refractivity (Wildman–Crippen MR) is 60.4 cm³/mol. The fraction of sp³-hybridized carbons (Fsp3) is 0.833. The Morgan fingerprint density at radius 3 is 2.93 bits per heavy atom. The van der Waals surface area contributed by atoms with Crippen molar-refractivity contribution in [3.63, 3.8) is 0 Å². The summed E-state index contributed by atoms with van der Waals surface area (Å²) in [5, 5.41) is 3.63.